The Hall–Kier alpha value is -4.20. The van der Waals surface area contributed by atoms with Gasteiger partial charge in [-0.1, -0.05) is 30.3 Å². The Bertz CT molecular complexity index is 1350. The van der Waals surface area contributed by atoms with Gasteiger partial charge in [0, 0.05) is 17.5 Å². The molecule has 0 unspecified atom stereocenters. The lowest BCUT2D eigenvalue weighted by Crippen LogP contribution is -2.55. The van der Waals surface area contributed by atoms with Crippen LogP contribution in [-0.4, -0.2) is 38.0 Å². The van der Waals surface area contributed by atoms with Crippen molar-refractivity contribution >= 4 is 17.3 Å². The second-order valence-corrected chi connectivity index (χ2v) is 8.31. The van der Waals surface area contributed by atoms with Gasteiger partial charge in [0.2, 0.25) is 0 Å². The lowest BCUT2D eigenvalue weighted by Gasteiger charge is -2.44. The van der Waals surface area contributed by atoms with E-state index in [1.165, 1.54) is 0 Å². The van der Waals surface area contributed by atoms with E-state index in [-0.39, 0.29) is 11.9 Å². The number of fused-ring (bicyclic) bond motifs is 6. The summed E-state index contributed by atoms with van der Waals surface area (Å²) in [7, 11) is 4.81. The van der Waals surface area contributed by atoms with E-state index < -0.39 is 5.72 Å². The molecular formula is C26H23N3O5. The largest absolute Gasteiger partial charge is 0.493 e. The summed E-state index contributed by atoms with van der Waals surface area (Å²) in [5.41, 5.74) is 2.61. The van der Waals surface area contributed by atoms with Crippen molar-refractivity contribution in [3.05, 3.63) is 77.4 Å². The van der Waals surface area contributed by atoms with Crippen LogP contribution in [0.1, 0.15) is 29.2 Å². The predicted molar refractivity (Wildman–Crippen MR) is 126 cm³/mol. The van der Waals surface area contributed by atoms with E-state index in [1.54, 1.807) is 26.3 Å². The molecule has 2 atom stereocenters. The first-order valence-electron chi connectivity index (χ1n) is 11.0. The van der Waals surface area contributed by atoms with Crippen molar-refractivity contribution in [3.8, 4) is 23.0 Å². The summed E-state index contributed by atoms with van der Waals surface area (Å²) in [4.78, 5) is 13.6. The first kappa shape index (κ1) is 20.4. The quantitative estimate of drug-likeness (QED) is 0.636. The van der Waals surface area contributed by atoms with Crippen LogP contribution in [-0.2, 0) is 10.5 Å². The molecule has 0 aromatic heterocycles. The Labute approximate surface area is 196 Å². The third-order valence-electron chi connectivity index (χ3n) is 6.64. The van der Waals surface area contributed by atoms with Crippen LogP contribution in [0.15, 0.2) is 65.8 Å². The molecule has 0 bridgehead atoms. The zero-order chi connectivity index (χ0) is 23.4. The molecule has 0 saturated carbocycles. The fourth-order valence-electron chi connectivity index (χ4n) is 5.04. The summed E-state index contributed by atoms with van der Waals surface area (Å²) in [6, 6.07) is 18.8. The van der Waals surface area contributed by atoms with Gasteiger partial charge in [0.25, 0.3) is 5.91 Å². The van der Waals surface area contributed by atoms with Crippen LogP contribution in [0.5, 0.6) is 23.0 Å². The van der Waals surface area contributed by atoms with Gasteiger partial charge < -0.3 is 24.3 Å². The molecule has 0 fully saturated rings. The summed E-state index contributed by atoms with van der Waals surface area (Å²) < 4.78 is 23.1. The number of hydrazone groups is 1. The van der Waals surface area contributed by atoms with E-state index in [9.17, 15) is 4.79 Å². The minimum atomic E-state index is -1.44. The number of anilines is 1. The van der Waals surface area contributed by atoms with Crippen molar-refractivity contribution in [2.45, 2.75) is 18.2 Å². The van der Waals surface area contributed by atoms with E-state index >= 15 is 0 Å². The average Bonchev–Trinajstić information content (AvgIpc) is 3.44. The third kappa shape index (κ3) is 2.65. The number of hydrogen-bond acceptors (Lipinski definition) is 7. The van der Waals surface area contributed by atoms with Crippen LogP contribution < -0.4 is 24.3 Å². The van der Waals surface area contributed by atoms with Crippen molar-refractivity contribution in [2.24, 2.45) is 5.10 Å². The maximum absolute atomic E-state index is 13.6. The van der Waals surface area contributed by atoms with Crippen LogP contribution in [0.3, 0.4) is 0 Å². The standard InChI is InChI=1S/C26H23N3O5/c1-31-21-12-11-15(13-23(21)33-3)19-14-20-16-7-6-10-22(32-2)24(16)34-26(29(20)28-19)17-8-4-5-9-18(17)27-25(26)30/h4-13,20H,14H2,1-3H3,(H,27,30)/t20-,26-/m1/s1. The normalized spacial score (nSPS) is 21.7. The molecule has 172 valence electrons. The van der Waals surface area contributed by atoms with Gasteiger partial charge in [0.15, 0.2) is 23.0 Å². The van der Waals surface area contributed by atoms with Gasteiger partial charge in [-0.15, -0.1) is 0 Å². The first-order chi connectivity index (χ1) is 16.6. The SMILES string of the molecule is COc1ccc(C2=NN3[C@H](C2)c2cccc(OC)c2O[C@]32C(=O)Nc3ccccc32)cc1OC. The Balaban J connectivity index is 1.55. The molecule has 8 heteroatoms. The highest BCUT2D eigenvalue weighted by Crippen LogP contribution is 2.56. The topological polar surface area (TPSA) is 81.6 Å². The molecule has 6 rings (SSSR count). The van der Waals surface area contributed by atoms with E-state index in [1.807, 2.05) is 60.7 Å². The minimum Gasteiger partial charge on any atom is -0.493 e. The van der Waals surface area contributed by atoms with Crippen molar-refractivity contribution in [2.75, 3.05) is 26.6 Å². The smallest absolute Gasteiger partial charge is 0.306 e. The van der Waals surface area contributed by atoms with Crippen LogP contribution in [0, 0.1) is 0 Å². The third-order valence-corrected chi connectivity index (χ3v) is 6.64. The molecule has 3 heterocycles. The highest BCUT2D eigenvalue weighted by molar-refractivity contribution is 6.07. The molecule has 1 N–H and O–H groups in total. The van der Waals surface area contributed by atoms with Gasteiger partial charge in [-0.3, -0.25) is 4.79 Å². The molecule has 34 heavy (non-hydrogen) atoms. The molecule has 3 aromatic carbocycles. The number of hydrogen-bond donors (Lipinski definition) is 1. The lowest BCUT2D eigenvalue weighted by atomic mass is 9.92. The fourth-order valence-corrected chi connectivity index (χ4v) is 5.04. The molecule has 1 spiro atoms. The Kier molecular flexibility index (Phi) is 4.45. The van der Waals surface area contributed by atoms with Crippen LogP contribution in [0.25, 0.3) is 0 Å². The number of carbonyl (C=O) groups excluding carboxylic acids is 1. The maximum atomic E-state index is 13.6. The number of ether oxygens (including phenoxy) is 4. The maximum Gasteiger partial charge on any atom is 0.306 e. The Morgan fingerprint density at radius 3 is 2.56 bits per heavy atom. The van der Waals surface area contributed by atoms with Crippen LogP contribution >= 0.6 is 0 Å². The second-order valence-electron chi connectivity index (χ2n) is 8.31. The first-order valence-corrected chi connectivity index (χ1v) is 11.0. The Morgan fingerprint density at radius 1 is 0.971 bits per heavy atom. The number of amides is 1. The van der Waals surface area contributed by atoms with Gasteiger partial charge in [0.05, 0.1) is 44.3 Å². The summed E-state index contributed by atoms with van der Waals surface area (Å²) in [5, 5.41) is 9.75. The number of methoxy groups -OCH3 is 3. The number of carbonyl (C=O) groups is 1. The molecule has 0 radical (unpaired) electrons. The molecular weight excluding hydrogens is 434 g/mol. The molecule has 3 aliphatic rings. The number of nitrogens with one attached hydrogen (secondary N) is 1. The summed E-state index contributed by atoms with van der Waals surface area (Å²) in [6.07, 6.45) is 0.580. The highest BCUT2D eigenvalue weighted by Gasteiger charge is 2.61. The van der Waals surface area contributed by atoms with Gasteiger partial charge in [-0.2, -0.15) is 5.10 Å². The minimum absolute atomic E-state index is 0.223. The zero-order valence-corrected chi connectivity index (χ0v) is 19.0. The van der Waals surface area contributed by atoms with E-state index in [4.69, 9.17) is 24.0 Å². The van der Waals surface area contributed by atoms with Gasteiger partial charge in [0.1, 0.15) is 0 Å². The summed E-state index contributed by atoms with van der Waals surface area (Å²) >= 11 is 0. The van der Waals surface area contributed by atoms with E-state index in [0.717, 1.165) is 22.4 Å². The average molecular weight is 457 g/mol. The number of para-hydroxylation sites is 2. The molecule has 0 saturated heterocycles. The second kappa shape index (κ2) is 7.41. The van der Waals surface area contributed by atoms with E-state index in [2.05, 4.69) is 5.32 Å². The summed E-state index contributed by atoms with van der Waals surface area (Å²) in [5.74, 6) is 2.11. The van der Waals surface area contributed by atoms with Gasteiger partial charge in [-0.05, 0) is 30.3 Å². The fraction of sp³-hybridized carbons (Fsp3) is 0.231. The molecule has 0 aliphatic carbocycles. The van der Waals surface area contributed by atoms with Crippen LogP contribution in [0.4, 0.5) is 5.69 Å². The highest BCUT2D eigenvalue weighted by atomic mass is 16.6. The van der Waals surface area contributed by atoms with Crippen molar-refractivity contribution in [1.82, 2.24) is 5.01 Å². The molecule has 3 aromatic rings. The van der Waals surface area contributed by atoms with Crippen molar-refractivity contribution < 1.29 is 23.7 Å². The number of nitrogens with zero attached hydrogens (tertiary/aromatic N) is 2. The molecule has 8 nitrogen and oxygen atoms in total. The predicted octanol–water partition coefficient (Wildman–Crippen LogP) is 4.06. The molecule has 3 aliphatic heterocycles. The number of benzene rings is 3. The van der Waals surface area contributed by atoms with Gasteiger partial charge in [-0.25, -0.2) is 5.01 Å². The zero-order valence-electron chi connectivity index (χ0n) is 19.0. The van der Waals surface area contributed by atoms with Crippen LogP contribution in [0.2, 0.25) is 0 Å². The van der Waals surface area contributed by atoms with Gasteiger partial charge >= 0.3 is 5.72 Å². The van der Waals surface area contributed by atoms with Crippen molar-refractivity contribution in [3.63, 3.8) is 0 Å². The monoisotopic (exact) mass is 457 g/mol. The summed E-state index contributed by atoms with van der Waals surface area (Å²) in [6.45, 7) is 0. The van der Waals surface area contributed by atoms with Crippen molar-refractivity contribution in [1.29, 1.82) is 0 Å². The Morgan fingerprint density at radius 2 is 1.76 bits per heavy atom. The molecule has 1 amide bonds. The lowest BCUT2D eigenvalue weighted by molar-refractivity contribution is -0.161. The van der Waals surface area contributed by atoms with E-state index in [0.29, 0.717) is 35.1 Å². The number of rotatable bonds is 4.